The van der Waals surface area contributed by atoms with Crippen LogP contribution in [0.5, 0.6) is 0 Å². The minimum atomic E-state index is -4.49. The maximum absolute atomic E-state index is 13.0. The molecule has 2 aromatic rings. The molecule has 6 nitrogen and oxygen atoms in total. The molecule has 150 valence electrons. The molecule has 3 rings (SSSR count). The Bertz CT molecular complexity index is 900. The zero-order valence-electron chi connectivity index (χ0n) is 15.5. The third-order valence-electron chi connectivity index (χ3n) is 4.66. The van der Waals surface area contributed by atoms with Crippen LogP contribution in [0.2, 0.25) is 0 Å². The molecule has 1 amide bonds. The Kier molecular flexibility index (Phi) is 5.55. The van der Waals surface area contributed by atoms with E-state index in [-0.39, 0.29) is 29.6 Å². The van der Waals surface area contributed by atoms with Gasteiger partial charge in [-0.2, -0.15) is 18.3 Å². The molecule has 0 saturated carbocycles. The minimum Gasteiger partial charge on any atom is -0.376 e. The molecular weight excluding hydrogens is 375 g/mol. The predicted molar refractivity (Wildman–Crippen MR) is 94.4 cm³/mol. The van der Waals surface area contributed by atoms with Gasteiger partial charge in [-0.1, -0.05) is 6.07 Å². The first-order valence-corrected chi connectivity index (χ1v) is 8.86. The summed E-state index contributed by atoms with van der Waals surface area (Å²) in [6.07, 6.45) is -2.87. The quantitative estimate of drug-likeness (QED) is 0.624. The van der Waals surface area contributed by atoms with Crippen LogP contribution in [-0.4, -0.2) is 40.7 Å². The Morgan fingerprint density at radius 1 is 1.32 bits per heavy atom. The van der Waals surface area contributed by atoms with Crippen molar-refractivity contribution >= 4 is 11.7 Å². The number of alkyl halides is 3. The van der Waals surface area contributed by atoms with Gasteiger partial charge in [-0.3, -0.25) is 9.59 Å². The summed E-state index contributed by atoms with van der Waals surface area (Å²) in [6, 6.07) is 4.63. The molecule has 1 aliphatic rings. The van der Waals surface area contributed by atoms with Gasteiger partial charge >= 0.3 is 6.18 Å². The number of nitrogens with zero attached hydrogens (tertiary/aromatic N) is 2. The SMILES string of the molecule is Cc1nn(-c2cccc(C(F)(F)F)c2)c(C)c1C(=O)C(=O)NC[C@H]1CCCO1. The third kappa shape index (κ3) is 4.09. The molecule has 1 aromatic heterocycles. The summed E-state index contributed by atoms with van der Waals surface area (Å²) in [7, 11) is 0. The summed E-state index contributed by atoms with van der Waals surface area (Å²) in [5.74, 6) is -1.56. The van der Waals surface area contributed by atoms with Crippen molar-refractivity contribution in [3.05, 3.63) is 46.8 Å². The molecule has 1 aliphatic heterocycles. The van der Waals surface area contributed by atoms with Crippen LogP contribution in [0.3, 0.4) is 0 Å². The van der Waals surface area contributed by atoms with Crippen molar-refractivity contribution in [3.63, 3.8) is 0 Å². The van der Waals surface area contributed by atoms with Crippen LogP contribution in [0.15, 0.2) is 24.3 Å². The van der Waals surface area contributed by atoms with Crippen LogP contribution < -0.4 is 5.32 Å². The van der Waals surface area contributed by atoms with Gasteiger partial charge in [0.05, 0.1) is 34.3 Å². The highest BCUT2D eigenvalue weighted by Gasteiger charge is 2.31. The van der Waals surface area contributed by atoms with Gasteiger partial charge in [-0.15, -0.1) is 0 Å². The molecule has 1 saturated heterocycles. The van der Waals surface area contributed by atoms with Gasteiger partial charge in [0.2, 0.25) is 0 Å². The van der Waals surface area contributed by atoms with Gasteiger partial charge in [0.1, 0.15) is 0 Å². The Morgan fingerprint density at radius 2 is 2.07 bits per heavy atom. The second-order valence-electron chi connectivity index (χ2n) is 6.68. The van der Waals surface area contributed by atoms with Crippen molar-refractivity contribution in [1.82, 2.24) is 15.1 Å². The molecule has 2 heterocycles. The molecular formula is C19H20F3N3O3. The topological polar surface area (TPSA) is 73.2 Å². The number of rotatable bonds is 5. The highest BCUT2D eigenvalue weighted by molar-refractivity contribution is 6.43. The average Bonchev–Trinajstić information content (AvgIpc) is 3.26. The molecule has 1 N–H and O–H groups in total. The summed E-state index contributed by atoms with van der Waals surface area (Å²) >= 11 is 0. The minimum absolute atomic E-state index is 0.0854. The Morgan fingerprint density at radius 3 is 2.71 bits per heavy atom. The standard InChI is InChI=1S/C19H20F3N3O3/c1-11-16(17(26)18(27)23-10-15-7-4-8-28-15)12(2)25(24-11)14-6-3-5-13(9-14)19(20,21)22/h3,5-6,9,15H,4,7-8,10H2,1-2H3,(H,23,27)/t15-/m1/s1. The number of Topliss-reactive ketones (excluding diaryl/α,β-unsaturated/α-hetero) is 1. The van der Waals surface area contributed by atoms with Crippen LogP contribution in [-0.2, 0) is 15.7 Å². The predicted octanol–water partition coefficient (Wildman–Crippen LogP) is 2.99. The van der Waals surface area contributed by atoms with Crippen LogP contribution >= 0.6 is 0 Å². The van der Waals surface area contributed by atoms with Gasteiger partial charge in [0, 0.05) is 13.2 Å². The number of aryl methyl sites for hydroxylation is 1. The lowest BCUT2D eigenvalue weighted by Crippen LogP contribution is -2.36. The monoisotopic (exact) mass is 395 g/mol. The molecule has 1 atom stereocenters. The molecule has 1 aromatic carbocycles. The Balaban J connectivity index is 1.83. The van der Waals surface area contributed by atoms with Gasteiger partial charge in [0.15, 0.2) is 0 Å². The van der Waals surface area contributed by atoms with Gasteiger partial charge in [0.25, 0.3) is 11.7 Å². The number of benzene rings is 1. The van der Waals surface area contributed by atoms with Crippen molar-refractivity contribution in [2.24, 2.45) is 0 Å². The number of ether oxygens (including phenoxy) is 1. The zero-order chi connectivity index (χ0) is 20.5. The van der Waals surface area contributed by atoms with Gasteiger partial charge in [-0.05, 0) is 44.9 Å². The van der Waals surface area contributed by atoms with Crippen molar-refractivity contribution in [1.29, 1.82) is 0 Å². The number of carbonyl (C=O) groups excluding carboxylic acids is 2. The fraction of sp³-hybridized carbons (Fsp3) is 0.421. The van der Waals surface area contributed by atoms with Crippen LogP contribution in [0.25, 0.3) is 5.69 Å². The average molecular weight is 395 g/mol. The number of hydrogen-bond acceptors (Lipinski definition) is 4. The molecule has 0 unspecified atom stereocenters. The van der Waals surface area contributed by atoms with Crippen molar-refractivity contribution in [3.8, 4) is 5.69 Å². The number of nitrogens with one attached hydrogen (secondary N) is 1. The number of amides is 1. The van der Waals surface area contributed by atoms with E-state index >= 15 is 0 Å². The number of halogens is 3. The summed E-state index contributed by atoms with van der Waals surface area (Å²) in [5, 5.41) is 6.72. The van der Waals surface area contributed by atoms with E-state index in [4.69, 9.17) is 4.74 Å². The van der Waals surface area contributed by atoms with E-state index < -0.39 is 23.4 Å². The number of ketones is 1. The van der Waals surface area contributed by atoms with E-state index in [0.717, 1.165) is 25.0 Å². The van der Waals surface area contributed by atoms with Gasteiger partial charge in [-0.25, -0.2) is 4.68 Å². The third-order valence-corrected chi connectivity index (χ3v) is 4.66. The first kappa shape index (κ1) is 20.1. The van der Waals surface area contributed by atoms with Crippen molar-refractivity contribution < 1.29 is 27.5 Å². The highest BCUT2D eigenvalue weighted by Crippen LogP contribution is 2.31. The number of hydrogen-bond donors (Lipinski definition) is 1. The Labute approximate surface area is 159 Å². The van der Waals surface area contributed by atoms with E-state index in [0.29, 0.717) is 12.3 Å². The largest absolute Gasteiger partial charge is 0.416 e. The molecule has 0 radical (unpaired) electrons. The first-order valence-electron chi connectivity index (χ1n) is 8.86. The van der Waals surface area contributed by atoms with Crippen LogP contribution in [0.4, 0.5) is 13.2 Å². The molecule has 0 spiro atoms. The molecule has 9 heteroatoms. The lowest BCUT2D eigenvalue weighted by Gasteiger charge is -2.11. The zero-order valence-corrected chi connectivity index (χ0v) is 15.5. The second-order valence-corrected chi connectivity index (χ2v) is 6.68. The lowest BCUT2D eigenvalue weighted by molar-refractivity contribution is -0.137. The Hall–Kier alpha value is -2.68. The molecule has 28 heavy (non-hydrogen) atoms. The summed E-state index contributed by atoms with van der Waals surface area (Å²) in [6.45, 7) is 3.96. The molecule has 0 bridgehead atoms. The van der Waals surface area contributed by atoms with E-state index in [1.807, 2.05) is 0 Å². The lowest BCUT2D eigenvalue weighted by atomic mass is 10.1. The van der Waals surface area contributed by atoms with E-state index in [2.05, 4.69) is 10.4 Å². The fourth-order valence-electron chi connectivity index (χ4n) is 3.24. The van der Waals surface area contributed by atoms with Crippen LogP contribution in [0.1, 0.15) is 40.2 Å². The van der Waals surface area contributed by atoms with E-state index in [1.54, 1.807) is 6.92 Å². The van der Waals surface area contributed by atoms with Crippen molar-refractivity contribution in [2.45, 2.75) is 39.0 Å². The second kappa shape index (κ2) is 7.75. The van der Waals surface area contributed by atoms with E-state index in [1.165, 1.54) is 23.7 Å². The maximum Gasteiger partial charge on any atom is 0.416 e. The fourth-order valence-corrected chi connectivity index (χ4v) is 3.24. The van der Waals surface area contributed by atoms with Crippen molar-refractivity contribution in [2.75, 3.05) is 13.2 Å². The summed E-state index contributed by atoms with van der Waals surface area (Å²) in [4.78, 5) is 24.8. The molecule has 0 aliphatic carbocycles. The number of aromatic nitrogens is 2. The summed E-state index contributed by atoms with van der Waals surface area (Å²) < 4.78 is 45.5. The maximum atomic E-state index is 13.0. The molecule has 1 fully saturated rings. The summed E-state index contributed by atoms with van der Waals surface area (Å²) in [5.41, 5.74) is -0.00232. The smallest absolute Gasteiger partial charge is 0.376 e. The normalized spacial score (nSPS) is 17.0. The highest BCUT2D eigenvalue weighted by atomic mass is 19.4. The van der Waals surface area contributed by atoms with E-state index in [9.17, 15) is 22.8 Å². The van der Waals surface area contributed by atoms with Crippen LogP contribution in [0, 0.1) is 13.8 Å². The number of carbonyl (C=O) groups is 2. The van der Waals surface area contributed by atoms with Gasteiger partial charge < -0.3 is 10.1 Å². The first-order chi connectivity index (χ1) is 13.2.